The van der Waals surface area contributed by atoms with Gasteiger partial charge in [-0.3, -0.25) is 4.79 Å². The van der Waals surface area contributed by atoms with Crippen LogP contribution >= 0.6 is 24.8 Å². The largest absolute Gasteiger partial charge is 0.416 e. The quantitative estimate of drug-likeness (QED) is 0.285. The van der Waals surface area contributed by atoms with Gasteiger partial charge in [-0.05, 0) is 102 Å². The van der Waals surface area contributed by atoms with Crippen LogP contribution in [0.5, 0.6) is 0 Å². The maximum Gasteiger partial charge on any atom is 0.416 e. The van der Waals surface area contributed by atoms with Crippen LogP contribution in [-0.2, 0) is 12.4 Å². The Morgan fingerprint density at radius 2 is 1.15 bits per heavy atom. The number of nitrogens with two attached hydrogens (primary N) is 1. The molecule has 1 saturated carbocycles. The van der Waals surface area contributed by atoms with Crippen molar-refractivity contribution in [3.63, 3.8) is 0 Å². The SMILES string of the molecule is Cl.Cl.NC[C@@H]1CC[C@H](CNC(=O)c2cc(-c3ccc(C(F)(F)F)cc3)cc(-c3ccc(C(F)(F)F)cc3)c2)C1. The molecule has 11 heteroatoms. The zero-order chi connectivity index (χ0) is 26.8. The van der Waals surface area contributed by atoms with Crippen LogP contribution in [0.3, 0.4) is 0 Å². The molecule has 39 heavy (non-hydrogen) atoms. The molecule has 0 radical (unpaired) electrons. The molecule has 0 saturated heterocycles. The second-order valence-corrected chi connectivity index (χ2v) is 9.44. The Bertz CT molecular complexity index is 1170. The lowest BCUT2D eigenvalue weighted by molar-refractivity contribution is -0.138. The van der Waals surface area contributed by atoms with E-state index in [0.29, 0.717) is 47.2 Å². The molecule has 4 rings (SSSR count). The summed E-state index contributed by atoms with van der Waals surface area (Å²) in [6.45, 7) is 1.07. The molecule has 3 nitrogen and oxygen atoms in total. The minimum atomic E-state index is -4.49. The number of hydrogen-bond acceptors (Lipinski definition) is 2. The van der Waals surface area contributed by atoms with Crippen molar-refractivity contribution in [1.29, 1.82) is 0 Å². The third-order valence-electron chi connectivity index (χ3n) is 6.82. The molecule has 3 N–H and O–H groups in total. The standard InChI is InChI=1S/C28H26F6N2O.2ClH/c29-27(30,31)24-7-3-19(4-8-24)21-12-22(20-5-9-25(10-6-20)28(32,33)34)14-23(13-21)26(37)36-16-18-2-1-17(11-18)15-35;;/h3-10,12-14,17-18H,1-2,11,15-16,35H2,(H,36,37);2*1H/t17-,18+;;/m1../s1. The van der Waals surface area contributed by atoms with Crippen LogP contribution in [-0.4, -0.2) is 19.0 Å². The van der Waals surface area contributed by atoms with Gasteiger partial charge in [0.1, 0.15) is 0 Å². The number of nitrogens with one attached hydrogen (secondary N) is 1. The average molecular weight is 593 g/mol. The van der Waals surface area contributed by atoms with E-state index < -0.39 is 23.5 Å². The summed E-state index contributed by atoms with van der Waals surface area (Å²) in [5.41, 5.74) is 6.22. The van der Waals surface area contributed by atoms with Gasteiger partial charge in [-0.15, -0.1) is 24.8 Å². The molecule has 1 fully saturated rings. The number of alkyl halides is 6. The zero-order valence-corrected chi connectivity index (χ0v) is 22.2. The van der Waals surface area contributed by atoms with E-state index in [1.165, 1.54) is 24.3 Å². The topological polar surface area (TPSA) is 55.1 Å². The molecule has 0 spiro atoms. The van der Waals surface area contributed by atoms with Crippen molar-refractivity contribution in [1.82, 2.24) is 5.32 Å². The third kappa shape index (κ3) is 8.13. The molecule has 0 unspecified atom stereocenters. The van der Waals surface area contributed by atoms with Gasteiger partial charge in [-0.2, -0.15) is 26.3 Å². The molecule has 1 aliphatic carbocycles. The van der Waals surface area contributed by atoms with Crippen LogP contribution in [0.15, 0.2) is 66.7 Å². The van der Waals surface area contributed by atoms with E-state index in [-0.39, 0.29) is 36.3 Å². The molecular weight excluding hydrogens is 565 g/mol. The summed E-state index contributed by atoms with van der Waals surface area (Å²) in [5, 5.41) is 2.92. The number of carbonyl (C=O) groups excluding carboxylic acids is 1. The fraction of sp³-hybridized carbons (Fsp3) is 0.321. The second-order valence-electron chi connectivity index (χ2n) is 9.44. The van der Waals surface area contributed by atoms with E-state index in [2.05, 4.69) is 5.32 Å². The Labute approximate surface area is 235 Å². The summed E-state index contributed by atoms with van der Waals surface area (Å²) in [6.07, 6.45) is -6.08. The predicted molar refractivity (Wildman–Crippen MR) is 144 cm³/mol. The van der Waals surface area contributed by atoms with E-state index >= 15 is 0 Å². The lowest BCUT2D eigenvalue weighted by Crippen LogP contribution is -2.28. The van der Waals surface area contributed by atoms with E-state index in [0.717, 1.165) is 43.5 Å². The molecule has 0 aromatic heterocycles. The normalized spacial score (nSPS) is 17.2. The first-order valence-electron chi connectivity index (χ1n) is 11.9. The molecule has 3 aromatic rings. The highest BCUT2D eigenvalue weighted by molar-refractivity contribution is 5.97. The Morgan fingerprint density at radius 3 is 1.54 bits per heavy atom. The Balaban J connectivity index is 0.00000267. The van der Waals surface area contributed by atoms with Gasteiger partial charge in [-0.25, -0.2) is 0 Å². The highest BCUT2D eigenvalue weighted by atomic mass is 35.5. The van der Waals surface area contributed by atoms with Gasteiger partial charge in [0.2, 0.25) is 0 Å². The van der Waals surface area contributed by atoms with Gasteiger partial charge in [0.25, 0.3) is 5.91 Å². The summed E-state index contributed by atoms with van der Waals surface area (Å²) < 4.78 is 78.1. The Morgan fingerprint density at radius 1 is 0.718 bits per heavy atom. The number of halogens is 8. The molecule has 1 aliphatic rings. The van der Waals surface area contributed by atoms with Gasteiger partial charge in [0.15, 0.2) is 0 Å². The van der Waals surface area contributed by atoms with Crippen molar-refractivity contribution in [3.8, 4) is 22.3 Å². The third-order valence-corrected chi connectivity index (χ3v) is 6.82. The fourth-order valence-electron chi connectivity index (χ4n) is 4.71. The van der Waals surface area contributed by atoms with Crippen molar-refractivity contribution in [2.45, 2.75) is 31.6 Å². The van der Waals surface area contributed by atoms with Crippen molar-refractivity contribution in [2.24, 2.45) is 17.6 Å². The average Bonchev–Trinajstić information content (AvgIpc) is 3.34. The summed E-state index contributed by atoms with van der Waals surface area (Å²) in [4.78, 5) is 13.1. The lowest BCUT2D eigenvalue weighted by Gasteiger charge is -2.15. The minimum Gasteiger partial charge on any atom is -0.352 e. The molecule has 1 amide bonds. The van der Waals surface area contributed by atoms with Gasteiger partial charge in [0.05, 0.1) is 11.1 Å². The van der Waals surface area contributed by atoms with Crippen molar-refractivity contribution < 1.29 is 31.1 Å². The lowest BCUT2D eigenvalue weighted by atomic mass is 9.94. The highest BCUT2D eigenvalue weighted by Crippen LogP contribution is 2.35. The first kappa shape index (κ1) is 32.5. The van der Waals surface area contributed by atoms with E-state index in [1.807, 2.05) is 0 Å². The van der Waals surface area contributed by atoms with Gasteiger partial charge in [0, 0.05) is 12.1 Å². The Hall–Kier alpha value is -2.75. The summed E-state index contributed by atoms with van der Waals surface area (Å²) in [6, 6.07) is 13.8. The molecule has 2 atom stereocenters. The number of rotatable bonds is 6. The maximum atomic E-state index is 13.1. The number of carbonyl (C=O) groups is 1. The minimum absolute atomic E-state index is 0. The molecule has 3 aromatic carbocycles. The van der Waals surface area contributed by atoms with Gasteiger partial charge < -0.3 is 11.1 Å². The molecule has 0 bridgehead atoms. The number of amides is 1. The van der Waals surface area contributed by atoms with Crippen molar-refractivity contribution in [2.75, 3.05) is 13.1 Å². The first-order valence-corrected chi connectivity index (χ1v) is 11.9. The molecule has 0 heterocycles. The summed E-state index contributed by atoms with van der Waals surface area (Å²) in [5.74, 6) is 0.388. The van der Waals surface area contributed by atoms with Crippen LogP contribution in [0.4, 0.5) is 26.3 Å². The van der Waals surface area contributed by atoms with Gasteiger partial charge in [-0.1, -0.05) is 24.3 Å². The summed E-state index contributed by atoms with van der Waals surface area (Å²) in [7, 11) is 0. The van der Waals surface area contributed by atoms with E-state index in [1.54, 1.807) is 18.2 Å². The molecular formula is C28H28Cl2F6N2O. The maximum absolute atomic E-state index is 13.1. The van der Waals surface area contributed by atoms with Crippen LogP contribution < -0.4 is 11.1 Å². The smallest absolute Gasteiger partial charge is 0.352 e. The van der Waals surface area contributed by atoms with Gasteiger partial charge >= 0.3 is 12.4 Å². The zero-order valence-electron chi connectivity index (χ0n) is 20.6. The Kier molecular flexibility index (Phi) is 10.9. The van der Waals surface area contributed by atoms with Crippen LogP contribution in [0, 0.1) is 11.8 Å². The van der Waals surface area contributed by atoms with Crippen LogP contribution in [0.1, 0.15) is 40.7 Å². The van der Waals surface area contributed by atoms with Crippen LogP contribution in [0.2, 0.25) is 0 Å². The number of hydrogen-bond donors (Lipinski definition) is 2. The van der Waals surface area contributed by atoms with Crippen LogP contribution in [0.25, 0.3) is 22.3 Å². The molecule has 0 aliphatic heterocycles. The first-order chi connectivity index (χ1) is 17.4. The van der Waals surface area contributed by atoms with E-state index in [9.17, 15) is 31.1 Å². The van der Waals surface area contributed by atoms with Crippen molar-refractivity contribution >= 4 is 30.7 Å². The second kappa shape index (κ2) is 13.1. The highest BCUT2D eigenvalue weighted by Gasteiger charge is 2.31. The van der Waals surface area contributed by atoms with Crippen molar-refractivity contribution in [3.05, 3.63) is 83.4 Å². The summed E-state index contributed by atoms with van der Waals surface area (Å²) >= 11 is 0. The van der Waals surface area contributed by atoms with E-state index in [4.69, 9.17) is 5.73 Å². The molecule has 212 valence electrons. The monoisotopic (exact) mass is 592 g/mol. The fourth-order valence-corrected chi connectivity index (χ4v) is 4.71. The number of benzene rings is 3. The predicted octanol–water partition coefficient (Wildman–Crippen LogP) is 8.01.